The first-order valence-electron chi connectivity index (χ1n) is 4.51. The molecule has 11 heavy (non-hydrogen) atoms. The zero-order valence-electron chi connectivity index (χ0n) is 6.97. The minimum Gasteiger partial charge on any atom is -0.317 e. The maximum Gasteiger partial charge on any atom is 0.0415 e. The van der Waals surface area contributed by atoms with E-state index in [-0.39, 0.29) is 0 Å². The van der Waals surface area contributed by atoms with Crippen LogP contribution < -0.4 is 5.32 Å². The van der Waals surface area contributed by atoms with Crippen LogP contribution in [0.4, 0.5) is 0 Å². The van der Waals surface area contributed by atoms with E-state index in [1.54, 1.807) is 0 Å². The van der Waals surface area contributed by atoms with Crippen molar-refractivity contribution in [3.63, 3.8) is 0 Å². The molecule has 2 nitrogen and oxygen atoms in total. The van der Waals surface area contributed by atoms with Crippen molar-refractivity contribution in [2.75, 3.05) is 19.6 Å². The Morgan fingerprint density at radius 1 is 1.45 bits per heavy atom. The average molecular weight is 152 g/mol. The van der Waals surface area contributed by atoms with Crippen LogP contribution in [0.1, 0.15) is 19.3 Å². The average Bonchev–Trinajstić information content (AvgIpc) is 2.66. The van der Waals surface area contributed by atoms with E-state index in [1.165, 1.54) is 32.4 Å². The maximum absolute atomic E-state index is 3.98. The normalized spacial score (nSPS) is 33.6. The molecule has 0 aromatic carbocycles. The summed E-state index contributed by atoms with van der Waals surface area (Å²) < 4.78 is 0. The number of rotatable bonds is 2. The van der Waals surface area contributed by atoms with E-state index >= 15 is 0 Å². The fraction of sp³-hybridized carbons (Fsp3) is 0.889. The second kappa shape index (κ2) is 2.59. The third kappa shape index (κ3) is 1.20. The summed E-state index contributed by atoms with van der Waals surface area (Å²) in [5, 5.41) is 3.40. The minimum absolute atomic E-state index is 0.701. The summed E-state index contributed by atoms with van der Waals surface area (Å²) in [6.45, 7) is 6.99. The molecule has 1 aliphatic carbocycles. The van der Waals surface area contributed by atoms with Crippen molar-refractivity contribution >= 4 is 6.72 Å². The molecule has 1 N–H and O–H groups in total. The van der Waals surface area contributed by atoms with Crippen LogP contribution in [-0.2, 0) is 0 Å². The third-order valence-electron chi connectivity index (χ3n) is 3.31. The quantitative estimate of drug-likeness (QED) is 0.588. The highest BCUT2D eigenvalue weighted by atomic mass is 14.9. The monoisotopic (exact) mass is 152 g/mol. The van der Waals surface area contributed by atoms with Crippen LogP contribution in [-0.4, -0.2) is 26.4 Å². The molecule has 1 saturated carbocycles. The third-order valence-corrected chi connectivity index (χ3v) is 3.31. The van der Waals surface area contributed by atoms with Crippen molar-refractivity contribution in [2.24, 2.45) is 16.3 Å². The second-order valence-electron chi connectivity index (χ2n) is 3.92. The predicted octanol–water partition coefficient (Wildman–Crippen LogP) is 1.08. The van der Waals surface area contributed by atoms with Crippen LogP contribution in [0.15, 0.2) is 4.99 Å². The van der Waals surface area contributed by atoms with E-state index in [0.29, 0.717) is 5.41 Å². The minimum atomic E-state index is 0.701. The summed E-state index contributed by atoms with van der Waals surface area (Å²) in [7, 11) is 0. The van der Waals surface area contributed by atoms with Gasteiger partial charge in [-0.1, -0.05) is 0 Å². The Hall–Kier alpha value is -0.370. The van der Waals surface area contributed by atoms with Gasteiger partial charge < -0.3 is 10.3 Å². The van der Waals surface area contributed by atoms with Gasteiger partial charge in [-0.3, -0.25) is 0 Å². The van der Waals surface area contributed by atoms with E-state index in [9.17, 15) is 0 Å². The fourth-order valence-electron chi connectivity index (χ4n) is 2.38. The van der Waals surface area contributed by atoms with Crippen LogP contribution in [0, 0.1) is 11.3 Å². The highest BCUT2D eigenvalue weighted by Gasteiger charge is 2.53. The maximum atomic E-state index is 3.98. The number of nitrogens with zero attached hydrogens (tertiary/aromatic N) is 1. The Morgan fingerprint density at radius 2 is 2.18 bits per heavy atom. The number of aliphatic imine (C=N–C) groups is 1. The lowest BCUT2D eigenvalue weighted by Gasteiger charge is -2.23. The van der Waals surface area contributed by atoms with Gasteiger partial charge >= 0.3 is 0 Å². The van der Waals surface area contributed by atoms with Gasteiger partial charge in [-0.05, 0) is 50.4 Å². The van der Waals surface area contributed by atoms with Gasteiger partial charge in [-0.2, -0.15) is 0 Å². The summed E-state index contributed by atoms with van der Waals surface area (Å²) in [5.74, 6) is 0.877. The number of nitrogens with one attached hydrogen (secondary N) is 1. The van der Waals surface area contributed by atoms with Gasteiger partial charge in [0.2, 0.25) is 0 Å². The Labute approximate surface area is 68.1 Å². The molecular weight excluding hydrogens is 136 g/mol. The Kier molecular flexibility index (Phi) is 1.72. The molecule has 62 valence electrons. The largest absolute Gasteiger partial charge is 0.317 e. The number of piperidine rings is 1. The Bertz CT molecular complexity index is 159. The highest BCUT2D eigenvalue weighted by Crippen LogP contribution is 2.58. The first-order valence-corrected chi connectivity index (χ1v) is 4.51. The van der Waals surface area contributed by atoms with Crippen molar-refractivity contribution in [1.29, 1.82) is 0 Å². The molecule has 0 radical (unpaired) electrons. The molecule has 1 heterocycles. The lowest BCUT2D eigenvalue weighted by Crippen LogP contribution is -2.30. The van der Waals surface area contributed by atoms with Crippen LogP contribution in [0.2, 0.25) is 0 Å². The molecule has 0 amide bonds. The summed E-state index contributed by atoms with van der Waals surface area (Å²) >= 11 is 0. The van der Waals surface area contributed by atoms with Crippen LogP contribution in [0.3, 0.4) is 0 Å². The summed E-state index contributed by atoms with van der Waals surface area (Å²) in [5.41, 5.74) is 0.701. The zero-order valence-corrected chi connectivity index (χ0v) is 6.97. The smallest absolute Gasteiger partial charge is 0.0415 e. The number of hydrogen-bond acceptors (Lipinski definition) is 2. The molecule has 2 heteroatoms. The molecule has 2 aliphatic rings. The summed E-state index contributed by atoms with van der Waals surface area (Å²) in [4.78, 5) is 3.98. The molecule has 1 unspecified atom stereocenters. The van der Waals surface area contributed by atoms with Gasteiger partial charge in [0, 0.05) is 6.54 Å². The lowest BCUT2D eigenvalue weighted by molar-refractivity contribution is 0.325. The van der Waals surface area contributed by atoms with Gasteiger partial charge in [-0.15, -0.1) is 0 Å². The molecule has 0 aromatic heterocycles. The standard InChI is InChI=1S/C9H16N2/c1-10-7-8-6-9(8)2-4-11-5-3-9/h8,11H,1-7H2. The van der Waals surface area contributed by atoms with E-state index in [2.05, 4.69) is 17.0 Å². The number of hydrogen-bond donors (Lipinski definition) is 1. The van der Waals surface area contributed by atoms with Gasteiger partial charge in [0.15, 0.2) is 0 Å². The van der Waals surface area contributed by atoms with Crippen LogP contribution in [0.5, 0.6) is 0 Å². The first-order chi connectivity index (χ1) is 5.37. The van der Waals surface area contributed by atoms with Crippen molar-refractivity contribution in [3.05, 3.63) is 0 Å². The Balaban J connectivity index is 1.88. The van der Waals surface area contributed by atoms with Crippen molar-refractivity contribution in [3.8, 4) is 0 Å². The van der Waals surface area contributed by atoms with Crippen LogP contribution in [0.25, 0.3) is 0 Å². The second-order valence-corrected chi connectivity index (χ2v) is 3.92. The molecule has 1 spiro atoms. The molecule has 1 aliphatic heterocycles. The molecule has 1 atom stereocenters. The lowest BCUT2D eigenvalue weighted by atomic mass is 9.92. The van der Waals surface area contributed by atoms with Gasteiger partial charge in [0.05, 0.1) is 0 Å². The topological polar surface area (TPSA) is 24.4 Å². The predicted molar refractivity (Wildman–Crippen MR) is 47.1 cm³/mol. The van der Waals surface area contributed by atoms with Crippen LogP contribution >= 0.6 is 0 Å². The SMILES string of the molecule is C=NCC1CC12CCNCC2. The summed E-state index contributed by atoms with van der Waals surface area (Å²) in [6.07, 6.45) is 4.15. The van der Waals surface area contributed by atoms with Gasteiger partial charge in [-0.25, -0.2) is 0 Å². The Morgan fingerprint density at radius 3 is 2.82 bits per heavy atom. The molecular formula is C9H16N2. The molecule has 2 fully saturated rings. The van der Waals surface area contributed by atoms with Crippen molar-refractivity contribution in [2.45, 2.75) is 19.3 Å². The van der Waals surface area contributed by atoms with Gasteiger partial charge in [0.1, 0.15) is 0 Å². The summed E-state index contributed by atoms with van der Waals surface area (Å²) in [6, 6.07) is 0. The van der Waals surface area contributed by atoms with Crippen molar-refractivity contribution in [1.82, 2.24) is 5.32 Å². The fourth-order valence-corrected chi connectivity index (χ4v) is 2.38. The van der Waals surface area contributed by atoms with Crippen molar-refractivity contribution < 1.29 is 0 Å². The van der Waals surface area contributed by atoms with E-state index in [0.717, 1.165) is 12.5 Å². The molecule has 2 rings (SSSR count). The molecule has 1 saturated heterocycles. The van der Waals surface area contributed by atoms with E-state index in [1.807, 2.05) is 0 Å². The van der Waals surface area contributed by atoms with E-state index < -0.39 is 0 Å². The van der Waals surface area contributed by atoms with E-state index in [4.69, 9.17) is 0 Å². The molecule has 0 aromatic rings. The molecule has 0 bridgehead atoms. The zero-order chi connectivity index (χ0) is 7.73. The highest BCUT2D eigenvalue weighted by molar-refractivity contribution is 5.24. The first kappa shape index (κ1) is 7.29. The van der Waals surface area contributed by atoms with Gasteiger partial charge in [0.25, 0.3) is 0 Å².